The van der Waals surface area contributed by atoms with Crippen LogP contribution in [0.4, 0.5) is 5.69 Å². The van der Waals surface area contributed by atoms with Crippen LogP contribution in [0.5, 0.6) is 17.2 Å². The molecule has 2 heterocycles. The standard InChI is InChI=1S/C34H34BN3O2/c1-23(2)30-15-10-16-31(24(3)4)34(30)25-21-36-38(22-25)27-12-9-14-29(20-27)39-28-13-8-11-26(19-28)35-37(5)32-17-6-7-18-33(32)40-35/h6-24H,1-5H3. The summed E-state index contributed by atoms with van der Waals surface area (Å²) in [4.78, 5) is 2.15. The van der Waals surface area contributed by atoms with Gasteiger partial charge in [-0.15, -0.1) is 0 Å². The minimum absolute atomic E-state index is 0.195. The van der Waals surface area contributed by atoms with Crippen molar-refractivity contribution in [2.45, 2.75) is 39.5 Å². The van der Waals surface area contributed by atoms with Gasteiger partial charge in [0.15, 0.2) is 0 Å². The zero-order valence-corrected chi connectivity index (χ0v) is 23.7. The first kappa shape index (κ1) is 25.8. The number of nitrogens with zero attached hydrogens (tertiary/aromatic N) is 3. The Morgan fingerprint density at radius 1 is 0.775 bits per heavy atom. The van der Waals surface area contributed by atoms with E-state index in [4.69, 9.17) is 14.5 Å². The molecule has 0 fully saturated rings. The van der Waals surface area contributed by atoms with Gasteiger partial charge in [0.05, 0.1) is 17.6 Å². The van der Waals surface area contributed by atoms with Crippen molar-refractivity contribution in [3.8, 4) is 34.1 Å². The van der Waals surface area contributed by atoms with Gasteiger partial charge in [-0.25, -0.2) is 4.68 Å². The van der Waals surface area contributed by atoms with E-state index in [9.17, 15) is 0 Å². The van der Waals surface area contributed by atoms with Gasteiger partial charge in [-0.1, -0.05) is 76.2 Å². The molecule has 0 saturated carbocycles. The lowest BCUT2D eigenvalue weighted by molar-refractivity contribution is 0.482. The fourth-order valence-electron chi connectivity index (χ4n) is 5.50. The summed E-state index contributed by atoms with van der Waals surface area (Å²) in [7, 11) is 1.86. The Bertz CT molecular complexity index is 1630. The predicted octanol–water partition coefficient (Wildman–Crippen LogP) is 7.80. The highest BCUT2D eigenvalue weighted by atomic mass is 16.5. The predicted molar refractivity (Wildman–Crippen MR) is 165 cm³/mol. The zero-order chi connectivity index (χ0) is 27.8. The summed E-state index contributed by atoms with van der Waals surface area (Å²) >= 11 is 0. The molecule has 1 aliphatic heterocycles. The number of benzene rings is 4. The second kappa shape index (κ2) is 10.6. The van der Waals surface area contributed by atoms with E-state index in [0.717, 1.165) is 39.6 Å². The Hall–Kier alpha value is -4.45. The Morgan fingerprint density at radius 3 is 2.17 bits per heavy atom. The van der Waals surface area contributed by atoms with Crippen LogP contribution >= 0.6 is 0 Å². The van der Waals surface area contributed by atoms with Gasteiger partial charge in [0.2, 0.25) is 0 Å². The number of fused-ring (bicyclic) bond motifs is 1. The van der Waals surface area contributed by atoms with Gasteiger partial charge in [0, 0.05) is 17.8 Å². The first-order chi connectivity index (χ1) is 19.4. The van der Waals surface area contributed by atoms with Crippen molar-refractivity contribution in [2.75, 3.05) is 11.9 Å². The van der Waals surface area contributed by atoms with E-state index in [1.807, 2.05) is 65.5 Å². The topological polar surface area (TPSA) is 39.5 Å². The molecular weight excluding hydrogens is 493 g/mol. The third-order valence-electron chi connectivity index (χ3n) is 7.54. The first-order valence-corrected chi connectivity index (χ1v) is 13.9. The Morgan fingerprint density at radius 2 is 1.45 bits per heavy atom. The van der Waals surface area contributed by atoms with E-state index in [1.165, 1.54) is 16.7 Å². The summed E-state index contributed by atoms with van der Waals surface area (Å²) in [5.74, 6) is 3.25. The van der Waals surface area contributed by atoms with Gasteiger partial charge in [0.25, 0.3) is 0 Å². The highest BCUT2D eigenvalue weighted by Gasteiger charge is 2.35. The summed E-state index contributed by atoms with van der Waals surface area (Å²) in [5.41, 5.74) is 8.20. The minimum atomic E-state index is -0.195. The van der Waals surface area contributed by atoms with Gasteiger partial charge in [0.1, 0.15) is 17.2 Å². The largest absolute Gasteiger partial charge is 0.536 e. The molecule has 0 spiro atoms. The molecule has 0 atom stereocenters. The smallest absolute Gasteiger partial charge is 0.519 e. The molecule has 0 bridgehead atoms. The van der Waals surface area contributed by atoms with Crippen LogP contribution < -0.4 is 19.7 Å². The summed E-state index contributed by atoms with van der Waals surface area (Å²) < 4.78 is 14.5. The number of rotatable bonds is 7. The van der Waals surface area contributed by atoms with Crippen molar-refractivity contribution in [2.24, 2.45) is 0 Å². The van der Waals surface area contributed by atoms with E-state index in [-0.39, 0.29) is 7.05 Å². The lowest BCUT2D eigenvalue weighted by atomic mass is 9.72. The number of hydrogen-bond acceptors (Lipinski definition) is 4. The number of hydrogen-bond donors (Lipinski definition) is 0. The van der Waals surface area contributed by atoms with Crippen molar-refractivity contribution in [1.29, 1.82) is 0 Å². The minimum Gasteiger partial charge on any atom is -0.536 e. The Balaban J connectivity index is 1.25. The molecule has 0 saturated heterocycles. The van der Waals surface area contributed by atoms with Crippen molar-refractivity contribution in [3.05, 3.63) is 115 Å². The molecule has 0 unspecified atom stereocenters. The molecule has 200 valence electrons. The average molecular weight is 527 g/mol. The van der Waals surface area contributed by atoms with Gasteiger partial charge >= 0.3 is 7.05 Å². The van der Waals surface area contributed by atoms with Crippen LogP contribution in [0.1, 0.15) is 50.7 Å². The number of para-hydroxylation sites is 2. The average Bonchev–Trinajstić information content (AvgIpc) is 3.58. The molecule has 6 rings (SSSR count). The van der Waals surface area contributed by atoms with E-state index >= 15 is 0 Å². The van der Waals surface area contributed by atoms with Crippen LogP contribution in [0.2, 0.25) is 0 Å². The second-order valence-corrected chi connectivity index (χ2v) is 11.0. The molecule has 0 N–H and O–H groups in total. The third kappa shape index (κ3) is 4.86. The van der Waals surface area contributed by atoms with Crippen LogP contribution in [-0.4, -0.2) is 23.9 Å². The third-order valence-corrected chi connectivity index (χ3v) is 7.54. The van der Waals surface area contributed by atoms with E-state index in [1.54, 1.807) is 0 Å². The summed E-state index contributed by atoms with van der Waals surface area (Å²) in [6.45, 7) is 9.00. The van der Waals surface area contributed by atoms with Crippen LogP contribution in [0, 0.1) is 0 Å². The Labute approximate surface area is 237 Å². The van der Waals surface area contributed by atoms with Gasteiger partial charge in [-0.05, 0) is 77.4 Å². The van der Waals surface area contributed by atoms with Crippen molar-refractivity contribution < 1.29 is 9.39 Å². The molecule has 40 heavy (non-hydrogen) atoms. The van der Waals surface area contributed by atoms with Crippen molar-refractivity contribution in [3.63, 3.8) is 0 Å². The summed E-state index contributed by atoms with van der Waals surface area (Å²) in [6, 6.07) is 30.9. The number of ether oxygens (including phenoxy) is 1. The molecule has 0 amide bonds. The van der Waals surface area contributed by atoms with Crippen LogP contribution in [-0.2, 0) is 0 Å². The fourth-order valence-corrected chi connectivity index (χ4v) is 5.50. The zero-order valence-electron chi connectivity index (χ0n) is 23.7. The van der Waals surface area contributed by atoms with E-state index in [2.05, 4.69) is 82.1 Å². The van der Waals surface area contributed by atoms with Crippen molar-refractivity contribution >= 4 is 18.2 Å². The number of anilines is 1. The lowest BCUT2D eigenvalue weighted by Gasteiger charge is -2.18. The molecule has 5 nitrogen and oxygen atoms in total. The van der Waals surface area contributed by atoms with Gasteiger partial charge in [-0.2, -0.15) is 5.10 Å². The monoisotopic (exact) mass is 527 g/mol. The molecule has 1 aliphatic rings. The van der Waals surface area contributed by atoms with E-state index < -0.39 is 0 Å². The van der Waals surface area contributed by atoms with Crippen LogP contribution in [0.3, 0.4) is 0 Å². The van der Waals surface area contributed by atoms with Gasteiger partial charge < -0.3 is 14.2 Å². The lowest BCUT2D eigenvalue weighted by Crippen LogP contribution is -2.47. The molecular formula is C34H34BN3O2. The maximum atomic E-state index is 6.33. The first-order valence-electron chi connectivity index (χ1n) is 13.9. The fraction of sp³-hybridized carbons (Fsp3) is 0.206. The highest BCUT2D eigenvalue weighted by Crippen LogP contribution is 2.37. The molecule has 5 aromatic rings. The second-order valence-electron chi connectivity index (χ2n) is 11.0. The number of aromatic nitrogens is 2. The summed E-state index contributed by atoms with van der Waals surface area (Å²) in [5, 5.41) is 4.75. The van der Waals surface area contributed by atoms with Crippen molar-refractivity contribution in [1.82, 2.24) is 9.78 Å². The molecule has 0 radical (unpaired) electrons. The normalized spacial score (nSPS) is 12.7. The van der Waals surface area contributed by atoms with Crippen LogP contribution in [0.25, 0.3) is 16.8 Å². The molecule has 0 aliphatic carbocycles. The summed E-state index contributed by atoms with van der Waals surface area (Å²) in [6.07, 6.45) is 4.10. The van der Waals surface area contributed by atoms with Gasteiger partial charge in [-0.3, -0.25) is 0 Å². The highest BCUT2D eigenvalue weighted by molar-refractivity contribution is 6.73. The molecule has 6 heteroatoms. The maximum absolute atomic E-state index is 6.33. The molecule has 1 aromatic heterocycles. The SMILES string of the molecule is CC(C)c1cccc(C(C)C)c1-c1cnn(-c2cccc(Oc3cccc(B4Oc5ccccc5N4C)c3)c2)c1. The van der Waals surface area contributed by atoms with E-state index in [0.29, 0.717) is 11.8 Å². The van der Waals surface area contributed by atoms with Crippen LogP contribution in [0.15, 0.2) is 103 Å². The maximum Gasteiger partial charge on any atom is 0.519 e. The Kier molecular flexibility index (Phi) is 6.85. The molecule has 4 aromatic carbocycles. The quantitative estimate of drug-likeness (QED) is 0.203.